The van der Waals surface area contributed by atoms with Gasteiger partial charge in [-0.05, 0) is 70.8 Å². The number of likely N-dealkylation sites (tertiary alicyclic amines) is 1. The number of ether oxygens (including phenoxy) is 1. The summed E-state index contributed by atoms with van der Waals surface area (Å²) >= 11 is 0. The van der Waals surface area contributed by atoms with Crippen LogP contribution in [0.2, 0.25) is 0 Å². The Morgan fingerprint density at radius 3 is 2.75 bits per heavy atom. The molecule has 2 aliphatic heterocycles. The molecule has 0 N–H and O–H groups in total. The van der Waals surface area contributed by atoms with Crippen LogP contribution in [0.25, 0.3) is 0 Å². The number of para-hydroxylation sites is 1. The maximum absolute atomic E-state index is 13.5. The predicted molar refractivity (Wildman–Crippen MR) is 106 cm³/mol. The maximum Gasteiger partial charge on any atom is 0.226 e. The second kappa shape index (κ2) is 6.58. The summed E-state index contributed by atoms with van der Waals surface area (Å²) in [4.78, 5) is 30.7. The molecule has 28 heavy (non-hydrogen) atoms. The van der Waals surface area contributed by atoms with Crippen molar-refractivity contribution in [2.75, 3.05) is 26.7 Å². The van der Waals surface area contributed by atoms with E-state index in [9.17, 15) is 9.59 Å². The van der Waals surface area contributed by atoms with Crippen LogP contribution < -0.4 is 4.74 Å². The van der Waals surface area contributed by atoms with Gasteiger partial charge in [-0.1, -0.05) is 12.1 Å². The molecule has 150 valence electrons. The van der Waals surface area contributed by atoms with E-state index in [1.54, 1.807) is 0 Å². The van der Waals surface area contributed by atoms with Gasteiger partial charge in [-0.25, -0.2) is 0 Å². The minimum Gasteiger partial charge on any atom is -0.486 e. The van der Waals surface area contributed by atoms with Gasteiger partial charge in [0.1, 0.15) is 11.4 Å². The van der Waals surface area contributed by atoms with E-state index in [2.05, 4.69) is 23.8 Å². The summed E-state index contributed by atoms with van der Waals surface area (Å²) in [6.07, 6.45) is 4.45. The third kappa shape index (κ3) is 2.70. The van der Waals surface area contributed by atoms with Crippen LogP contribution >= 0.6 is 0 Å². The molecule has 1 amide bonds. The highest BCUT2D eigenvalue weighted by Gasteiger charge is 2.71. The summed E-state index contributed by atoms with van der Waals surface area (Å²) in [5.74, 6) is 1.83. The van der Waals surface area contributed by atoms with Gasteiger partial charge in [0, 0.05) is 24.4 Å². The SMILES string of the molecule is CCN(C(=O)C1C2CCC3(CC(=O)c4ccccc4O3)C21)C1CCN(C)CC1. The molecule has 2 heterocycles. The molecule has 5 heteroatoms. The van der Waals surface area contributed by atoms with Crippen LogP contribution in [0.4, 0.5) is 0 Å². The third-order valence-corrected chi connectivity index (χ3v) is 7.68. The fourth-order valence-corrected chi connectivity index (χ4v) is 6.19. The van der Waals surface area contributed by atoms with Gasteiger partial charge < -0.3 is 14.5 Å². The number of benzene rings is 1. The Balaban J connectivity index is 1.34. The van der Waals surface area contributed by atoms with Crippen molar-refractivity contribution in [1.29, 1.82) is 0 Å². The van der Waals surface area contributed by atoms with E-state index in [1.807, 2.05) is 24.3 Å². The van der Waals surface area contributed by atoms with E-state index in [0.29, 0.717) is 35.6 Å². The largest absolute Gasteiger partial charge is 0.486 e. The van der Waals surface area contributed by atoms with Gasteiger partial charge in [-0.3, -0.25) is 9.59 Å². The number of amides is 1. The summed E-state index contributed by atoms with van der Waals surface area (Å²) < 4.78 is 6.46. The number of Topliss-reactive ketones (excluding diaryl/α,β-unsaturated/α-hetero) is 1. The van der Waals surface area contributed by atoms with E-state index in [1.165, 1.54) is 0 Å². The summed E-state index contributed by atoms with van der Waals surface area (Å²) in [7, 11) is 2.15. The fourth-order valence-electron chi connectivity index (χ4n) is 6.19. The Morgan fingerprint density at radius 1 is 1.25 bits per heavy atom. The first kappa shape index (κ1) is 18.2. The minimum atomic E-state index is -0.456. The monoisotopic (exact) mass is 382 g/mol. The van der Waals surface area contributed by atoms with Crippen molar-refractivity contribution in [1.82, 2.24) is 9.80 Å². The van der Waals surface area contributed by atoms with Crippen LogP contribution in [0.1, 0.15) is 49.4 Å². The number of piperidine rings is 1. The Morgan fingerprint density at radius 2 is 2.00 bits per heavy atom. The van der Waals surface area contributed by atoms with Crippen molar-refractivity contribution in [2.45, 2.75) is 50.7 Å². The first-order valence-corrected chi connectivity index (χ1v) is 10.8. The van der Waals surface area contributed by atoms with Gasteiger partial charge in [0.15, 0.2) is 5.78 Å². The Bertz CT molecular complexity index is 801. The van der Waals surface area contributed by atoms with Crippen LogP contribution in [0.15, 0.2) is 24.3 Å². The number of nitrogens with zero attached hydrogens (tertiary/aromatic N) is 2. The zero-order chi connectivity index (χ0) is 19.5. The molecular weight excluding hydrogens is 352 g/mol. The van der Waals surface area contributed by atoms with E-state index >= 15 is 0 Å². The molecule has 0 radical (unpaired) electrons. The molecule has 0 aromatic heterocycles. The van der Waals surface area contributed by atoms with Crippen LogP contribution in [0.3, 0.4) is 0 Å². The molecule has 5 nitrogen and oxygen atoms in total. The Kier molecular flexibility index (Phi) is 4.27. The standard InChI is InChI=1S/C23H30N2O3/c1-3-25(15-9-12-24(2)13-10-15)22(27)20-17-8-11-23(21(17)20)14-18(26)16-6-4-5-7-19(16)28-23/h4-7,15,17,20-21H,3,8-14H2,1-2H3. The number of fused-ring (bicyclic) bond motifs is 3. The molecule has 4 atom stereocenters. The lowest BCUT2D eigenvalue weighted by Gasteiger charge is -2.39. The van der Waals surface area contributed by atoms with Gasteiger partial charge in [0.25, 0.3) is 0 Å². The number of carbonyl (C=O) groups excluding carboxylic acids is 2. The number of hydrogen-bond acceptors (Lipinski definition) is 4. The van der Waals surface area contributed by atoms with Gasteiger partial charge >= 0.3 is 0 Å². The average molecular weight is 383 g/mol. The summed E-state index contributed by atoms with van der Waals surface area (Å²) in [5, 5.41) is 0. The van der Waals surface area contributed by atoms with Crippen molar-refractivity contribution in [2.24, 2.45) is 17.8 Å². The molecule has 5 rings (SSSR count). The van der Waals surface area contributed by atoms with Crippen molar-refractivity contribution < 1.29 is 14.3 Å². The first-order valence-electron chi connectivity index (χ1n) is 10.8. The van der Waals surface area contributed by atoms with Gasteiger partial charge in [-0.2, -0.15) is 0 Å². The van der Waals surface area contributed by atoms with Crippen molar-refractivity contribution in [3.8, 4) is 5.75 Å². The highest BCUT2D eigenvalue weighted by molar-refractivity contribution is 6.00. The van der Waals surface area contributed by atoms with Crippen LogP contribution in [0.5, 0.6) is 5.75 Å². The summed E-state index contributed by atoms with van der Waals surface area (Å²) in [6, 6.07) is 7.93. The number of ketones is 1. The number of hydrogen-bond donors (Lipinski definition) is 0. The molecule has 1 saturated heterocycles. The first-order chi connectivity index (χ1) is 13.5. The number of rotatable bonds is 3. The molecule has 4 unspecified atom stereocenters. The second-order valence-corrected chi connectivity index (χ2v) is 9.18. The van der Waals surface area contributed by atoms with E-state index in [0.717, 1.165) is 45.3 Å². The molecule has 1 spiro atoms. The quantitative estimate of drug-likeness (QED) is 0.806. The molecule has 0 bridgehead atoms. The molecule has 2 saturated carbocycles. The average Bonchev–Trinajstić information content (AvgIpc) is 3.34. The Hall–Kier alpha value is -1.88. The highest BCUT2D eigenvalue weighted by atomic mass is 16.5. The lowest BCUT2D eigenvalue weighted by atomic mass is 9.84. The van der Waals surface area contributed by atoms with Crippen molar-refractivity contribution in [3.63, 3.8) is 0 Å². The van der Waals surface area contributed by atoms with Crippen LogP contribution in [-0.2, 0) is 4.79 Å². The van der Waals surface area contributed by atoms with Gasteiger partial charge in [0.05, 0.1) is 12.0 Å². The lowest BCUT2D eigenvalue weighted by molar-refractivity contribution is -0.137. The normalized spacial score (nSPS) is 34.6. The van der Waals surface area contributed by atoms with Crippen molar-refractivity contribution >= 4 is 11.7 Å². The topological polar surface area (TPSA) is 49.9 Å². The van der Waals surface area contributed by atoms with E-state index < -0.39 is 5.60 Å². The molecule has 4 aliphatic rings. The lowest BCUT2D eigenvalue weighted by Crippen LogP contribution is -2.49. The zero-order valence-corrected chi connectivity index (χ0v) is 16.9. The summed E-state index contributed by atoms with van der Waals surface area (Å²) in [5.41, 5.74) is 0.240. The molecule has 1 aromatic rings. The second-order valence-electron chi connectivity index (χ2n) is 9.18. The van der Waals surface area contributed by atoms with Crippen LogP contribution in [-0.4, -0.2) is 59.8 Å². The van der Waals surface area contributed by atoms with E-state index in [4.69, 9.17) is 4.74 Å². The fraction of sp³-hybridized carbons (Fsp3) is 0.652. The van der Waals surface area contributed by atoms with Gasteiger partial charge in [0.2, 0.25) is 5.91 Å². The van der Waals surface area contributed by atoms with Crippen molar-refractivity contribution in [3.05, 3.63) is 29.8 Å². The maximum atomic E-state index is 13.5. The molecule has 1 aromatic carbocycles. The number of carbonyl (C=O) groups is 2. The minimum absolute atomic E-state index is 0.0476. The summed E-state index contributed by atoms with van der Waals surface area (Å²) in [6.45, 7) is 4.99. The zero-order valence-electron chi connectivity index (χ0n) is 16.9. The Labute approximate surface area is 167 Å². The molecular formula is C23H30N2O3. The molecule has 3 fully saturated rings. The van der Waals surface area contributed by atoms with E-state index in [-0.39, 0.29) is 17.6 Å². The third-order valence-electron chi connectivity index (χ3n) is 7.68. The highest BCUT2D eigenvalue weighted by Crippen LogP contribution is 2.66. The smallest absolute Gasteiger partial charge is 0.226 e. The van der Waals surface area contributed by atoms with Gasteiger partial charge in [-0.15, -0.1) is 0 Å². The van der Waals surface area contributed by atoms with Crippen LogP contribution in [0, 0.1) is 17.8 Å². The molecule has 2 aliphatic carbocycles. The predicted octanol–water partition coefficient (Wildman–Crippen LogP) is 2.99.